The van der Waals surface area contributed by atoms with Crippen molar-refractivity contribution in [3.8, 4) is 0 Å². The van der Waals surface area contributed by atoms with Crippen LogP contribution in [0.25, 0.3) is 0 Å². The Morgan fingerprint density at radius 2 is 2.35 bits per heavy atom. The lowest BCUT2D eigenvalue weighted by molar-refractivity contribution is 0.0602. The molecule has 20 heavy (non-hydrogen) atoms. The quantitative estimate of drug-likeness (QED) is 0.653. The minimum Gasteiger partial charge on any atom is -0.465 e. The van der Waals surface area contributed by atoms with Gasteiger partial charge in [-0.25, -0.2) is 9.18 Å². The third kappa shape index (κ3) is 3.01. The Kier molecular flexibility index (Phi) is 4.44. The fourth-order valence-electron chi connectivity index (χ4n) is 2.30. The van der Waals surface area contributed by atoms with Crippen LogP contribution in [0.1, 0.15) is 23.7 Å². The molecule has 0 saturated carbocycles. The van der Waals surface area contributed by atoms with Gasteiger partial charge in [0.1, 0.15) is 5.82 Å². The van der Waals surface area contributed by atoms with Gasteiger partial charge >= 0.3 is 5.97 Å². The summed E-state index contributed by atoms with van der Waals surface area (Å²) in [5, 5.41) is 3.01. The molecule has 1 aromatic carbocycles. The van der Waals surface area contributed by atoms with E-state index >= 15 is 0 Å². The summed E-state index contributed by atoms with van der Waals surface area (Å²) in [6.45, 7) is 3.31. The van der Waals surface area contributed by atoms with Crippen LogP contribution in [-0.2, 0) is 9.47 Å². The minimum absolute atomic E-state index is 0.0671. The van der Waals surface area contributed by atoms with Crippen molar-refractivity contribution in [1.29, 1.82) is 0 Å². The zero-order valence-electron chi connectivity index (χ0n) is 11.6. The van der Waals surface area contributed by atoms with Crippen LogP contribution >= 0.6 is 0 Å². The molecular formula is C14H19FN2O3. The van der Waals surface area contributed by atoms with Gasteiger partial charge < -0.3 is 20.5 Å². The number of nitrogens with two attached hydrogens (primary N) is 1. The molecule has 2 rings (SSSR count). The first-order valence-electron chi connectivity index (χ1n) is 6.55. The number of nitrogen functional groups attached to an aromatic ring is 1. The average Bonchev–Trinajstić information content (AvgIpc) is 2.82. The molecule has 1 saturated heterocycles. The van der Waals surface area contributed by atoms with Crippen molar-refractivity contribution in [3.05, 3.63) is 23.5 Å². The van der Waals surface area contributed by atoms with E-state index in [1.54, 1.807) is 0 Å². The second-order valence-corrected chi connectivity index (χ2v) is 4.92. The van der Waals surface area contributed by atoms with E-state index < -0.39 is 11.8 Å². The van der Waals surface area contributed by atoms with E-state index in [2.05, 4.69) is 10.1 Å². The molecule has 0 bridgehead atoms. The highest BCUT2D eigenvalue weighted by atomic mass is 19.1. The summed E-state index contributed by atoms with van der Waals surface area (Å²) in [5.74, 6) is -0.738. The van der Waals surface area contributed by atoms with Crippen LogP contribution in [0.5, 0.6) is 0 Å². The SMILES string of the molecule is COC(=O)c1cc(NCC2CCOC2C)c(F)cc1N. The van der Waals surface area contributed by atoms with Gasteiger partial charge in [-0.05, 0) is 25.5 Å². The summed E-state index contributed by atoms with van der Waals surface area (Å²) in [6, 6.07) is 2.51. The number of anilines is 2. The normalized spacial score (nSPS) is 21.8. The molecule has 110 valence electrons. The van der Waals surface area contributed by atoms with E-state index in [1.807, 2.05) is 6.92 Å². The highest BCUT2D eigenvalue weighted by Crippen LogP contribution is 2.25. The summed E-state index contributed by atoms with van der Waals surface area (Å²) in [6.07, 6.45) is 1.09. The van der Waals surface area contributed by atoms with Crippen LogP contribution < -0.4 is 11.1 Å². The zero-order chi connectivity index (χ0) is 14.7. The Balaban J connectivity index is 2.12. The second kappa shape index (κ2) is 6.09. The summed E-state index contributed by atoms with van der Waals surface area (Å²) in [4.78, 5) is 11.5. The number of halogens is 1. The van der Waals surface area contributed by atoms with E-state index in [4.69, 9.17) is 10.5 Å². The van der Waals surface area contributed by atoms with E-state index in [0.717, 1.165) is 19.1 Å². The maximum atomic E-state index is 13.8. The third-order valence-corrected chi connectivity index (χ3v) is 3.63. The van der Waals surface area contributed by atoms with Gasteiger partial charge in [0.25, 0.3) is 0 Å². The van der Waals surface area contributed by atoms with Crippen LogP contribution in [0.3, 0.4) is 0 Å². The first-order valence-corrected chi connectivity index (χ1v) is 6.55. The number of esters is 1. The van der Waals surface area contributed by atoms with Gasteiger partial charge in [-0.1, -0.05) is 0 Å². The Morgan fingerprint density at radius 3 is 2.95 bits per heavy atom. The molecule has 1 aliphatic rings. The van der Waals surface area contributed by atoms with E-state index in [9.17, 15) is 9.18 Å². The number of ether oxygens (including phenoxy) is 2. The maximum absolute atomic E-state index is 13.8. The largest absolute Gasteiger partial charge is 0.465 e. The number of methoxy groups -OCH3 is 1. The smallest absolute Gasteiger partial charge is 0.340 e. The fourth-order valence-corrected chi connectivity index (χ4v) is 2.30. The van der Waals surface area contributed by atoms with Crippen LogP contribution in [0, 0.1) is 11.7 Å². The number of nitrogens with one attached hydrogen (secondary N) is 1. The average molecular weight is 282 g/mol. The summed E-state index contributed by atoms with van der Waals surface area (Å²) < 4.78 is 23.9. The molecule has 2 atom stereocenters. The molecule has 1 fully saturated rings. The zero-order valence-corrected chi connectivity index (χ0v) is 11.6. The van der Waals surface area contributed by atoms with Gasteiger partial charge in [-0.15, -0.1) is 0 Å². The van der Waals surface area contributed by atoms with Crippen LogP contribution in [0.2, 0.25) is 0 Å². The summed E-state index contributed by atoms with van der Waals surface area (Å²) >= 11 is 0. The van der Waals surface area contributed by atoms with Gasteiger partial charge in [0.15, 0.2) is 0 Å². The third-order valence-electron chi connectivity index (χ3n) is 3.63. The Morgan fingerprint density at radius 1 is 1.60 bits per heavy atom. The molecule has 0 aliphatic carbocycles. The topological polar surface area (TPSA) is 73.6 Å². The van der Waals surface area contributed by atoms with Crippen molar-refractivity contribution >= 4 is 17.3 Å². The molecular weight excluding hydrogens is 263 g/mol. The molecule has 6 heteroatoms. The lowest BCUT2D eigenvalue weighted by Crippen LogP contribution is -2.21. The van der Waals surface area contributed by atoms with Crippen molar-refractivity contribution in [3.63, 3.8) is 0 Å². The molecule has 1 heterocycles. The second-order valence-electron chi connectivity index (χ2n) is 4.92. The van der Waals surface area contributed by atoms with Crippen molar-refractivity contribution in [2.45, 2.75) is 19.4 Å². The lowest BCUT2D eigenvalue weighted by atomic mass is 10.0. The molecule has 1 aromatic rings. The first kappa shape index (κ1) is 14.6. The number of benzene rings is 1. The highest BCUT2D eigenvalue weighted by Gasteiger charge is 2.24. The molecule has 5 nitrogen and oxygen atoms in total. The molecule has 1 aliphatic heterocycles. The number of rotatable bonds is 4. The van der Waals surface area contributed by atoms with E-state index in [1.165, 1.54) is 13.2 Å². The molecule has 0 radical (unpaired) electrons. The lowest BCUT2D eigenvalue weighted by Gasteiger charge is -2.17. The van der Waals surface area contributed by atoms with Gasteiger partial charge in [-0.3, -0.25) is 0 Å². The van der Waals surface area contributed by atoms with E-state index in [0.29, 0.717) is 12.5 Å². The van der Waals surface area contributed by atoms with Crippen molar-refractivity contribution in [2.75, 3.05) is 31.3 Å². The first-order chi connectivity index (χ1) is 9.52. The van der Waals surface area contributed by atoms with Gasteiger partial charge in [-0.2, -0.15) is 0 Å². The Bertz CT molecular complexity index is 507. The fraction of sp³-hybridized carbons (Fsp3) is 0.500. The molecule has 0 spiro atoms. The van der Waals surface area contributed by atoms with E-state index in [-0.39, 0.29) is 23.0 Å². The number of hydrogen-bond acceptors (Lipinski definition) is 5. The summed E-state index contributed by atoms with van der Waals surface area (Å²) in [5.41, 5.74) is 6.09. The monoisotopic (exact) mass is 282 g/mol. The molecule has 0 amide bonds. The van der Waals surface area contributed by atoms with Crippen molar-refractivity contribution in [2.24, 2.45) is 5.92 Å². The van der Waals surface area contributed by atoms with Gasteiger partial charge in [0.05, 0.1) is 24.5 Å². The summed E-state index contributed by atoms with van der Waals surface area (Å²) in [7, 11) is 1.26. The van der Waals surface area contributed by atoms with Gasteiger partial charge in [0.2, 0.25) is 0 Å². The predicted octanol–water partition coefficient (Wildman–Crippen LogP) is 2.03. The molecule has 0 aromatic heterocycles. The van der Waals surface area contributed by atoms with Crippen LogP contribution in [0.15, 0.2) is 12.1 Å². The maximum Gasteiger partial charge on any atom is 0.340 e. The number of carbonyl (C=O) groups is 1. The number of carbonyl (C=O) groups excluding carboxylic acids is 1. The van der Waals surface area contributed by atoms with Crippen LogP contribution in [-0.4, -0.2) is 32.3 Å². The highest BCUT2D eigenvalue weighted by molar-refractivity contribution is 5.96. The minimum atomic E-state index is -0.580. The van der Waals surface area contributed by atoms with Crippen LogP contribution in [0.4, 0.5) is 15.8 Å². The molecule has 3 N–H and O–H groups in total. The Labute approximate surface area is 117 Å². The standard InChI is InChI=1S/C14H19FN2O3/c1-8-9(3-4-20-8)7-17-13-5-10(14(18)19-2)12(16)6-11(13)15/h5-6,8-9,17H,3-4,7,16H2,1-2H3. The Hall–Kier alpha value is -1.82. The van der Waals surface area contributed by atoms with Gasteiger partial charge in [0, 0.05) is 24.8 Å². The van der Waals surface area contributed by atoms with Crippen molar-refractivity contribution in [1.82, 2.24) is 0 Å². The number of hydrogen-bond donors (Lipinski definition) is 2. The molecule has 2 unspecified atom stereocenters. The predicted molar refractivity (Wildman–Crippen MR) is 74.2 cm³/mol. The van der Waals surface area contributed by atoms with Crippen molar-refractivity contribution < 1.29 is 18.7 Å².